The highest BCUT2D eigenvalue weighted by atomic mass is 19.1. The van der Waals surface area contributed by atoms with E-state index < -0.39 is 5.82 Å². The topological polar surface area (TPSA) is 40.3 Å². The van der Waals surface area contributed by atoms with Gasteiger partial charge in [0.1, 0.15) is 11.6 Å². The van der Waals surface area contributed by atoms with E-state index in [1.165, 1.54) is 30.9 Å². The summed E-state index contributed by atoms with van der Waals surface area (Å²) in [6, 6.07) is 10.1. The van der Waals surface area contributed by atoms with E-state index in [4.69, 9.17) is 4.74 Å². The Bertz CT molecular complexity index is 993. The number of piperidine rings is 1. The smallest absolute Gasteiger partial charge is 0.156 e. The fraction of sp³-hybridized carbons (Fsp3) is 0.391. The molecule has 29 heavy (non-hydrogen) atoms. The summed E-state index contributed by atoms with van der Waals surface area (Å²) in [6.45, 7) is 4.18. The van der Waals surface area contributed by atoms with Gasteiger partial charge >= 0.3 is 0 Å². The predicted octanol–water partition coefficient (Wildman–Crippen LogP) is 4.52. The monoisotopic (exact) mass is 399 g/mol. The van der Waals surface area contributed by atoms with Crippen LogP contribution >= 0.6 is 0 Å². The maximum absolute atomic E-state index is 15.3. The highest BCUT2D eigenvalue weighted by molar-refractivity contribution is 5.88. The second-order valence-electron chi connectivity index (χ2n) is 7.68. The van der Waals surface area contributed by atoms with Crippen molar-refractivity contribution in [3.63, 3.8) is 0 Å². The third-order valence-electron chi connectivity index (χ3n) is 5.93. The summed E-state index contributed by atoms with van der Waals surface area (Å²) in [4.78, 5) is 5.57. The van der Waals surface area contributed by atoms with Gasteiger partial charge in [0.05, 0.1) is 12.8 Å². The predicted molar refractivity (Wildman–Crippen MR) is 113 cm³/mol. The molecule has 0 radical (unpaired) electrons. The molecular formula is C23H27F2N3O. The van der Waals surface area contributed by atoms with Gasteiger partial charge in [-0.25, -0.2) is 8.78 Å². The molecule has 2 heterocycles. The summed E-state index contributed by atoms with van der Waals surface area (Å²) >= 11 is 0. The number of hydrogen-bond donors (Lipinski definition) is 2. The zero-order valence-electron chi connectivity index (χ0n) is 16.9. The van der Waals surface area contributed by atoms with E-state index in [1.807, 2.05) is 19.2 Å². The number of rotatable bonds is 6. The van der Waals surface area contributed by atoms with E-state index in [2.05, 4.69) is 21.3 Å². The SMILES string of the molecule is CNCCN1CCC(c2ccc3[nH]c(-c4cc(F)ccc4OC)c(F)c3c2)CC1. The van der Waals surface area contributed by atoms with Crippen molar-refractivity contribution < 1.29 is 13.5 Å². The van der Waals surface area contributed by atoms with Gasteiger partial charge in [0.15, 0.2) is 5.82 Å². The lowest BCUT2D eigenvalue weighted by Crippen LogP contribution is -2.37. The number of likely N-dealkylation sites (N-methyl/N-ethyl adjacent to an activating group) is 1. The third kappa shape index (κ3) is 4.00. The second kappa shape index (κ2) is 8.51. The van der Waals surface area contributed by atoms with Crippen LogP contribution in [-0.4, -0.2) is 50.2 Å². The minimum Gasteiger partial charge on any atom is -0.496 e. The number of aromatic nitrogens is 1. The fourth-order valence-corrected chi connectivity index (χ4v) is 4.25. The summed E-state index contributed by atoms with van der Waals surface area (Å²) in [7, 11) is 3.47. The second-order valence-corrected chi connectivity index (χ2v) is 7.68. The molecule has 2 aromatic carbocycles. The number of nitrogens with zero attached hydrogens (tertiary/aromatic N) is 1. The van der Waals surface area contributed by atoms with Crippen molar-refractivity contribution in [2.24, 2.45) is 0 Å². The maximum atomic E-state index is 15.3. The molecule has 1 aliphatic rings. The lowest BCUT2D eigenvalue weighted by Gasteiger charge is -2.32. The Hall–Kier alpha value is -2.44. The van der Waals surface area contributed by atoms with Gasteiger partial charge in [0.2, 0.25) is 0 Å². The lowest BCUT2D eigenvalue weighted by atomic mass is 9.89. The summed E-state index contributed by atoms with van der Waals surface area (Å²) in [5.74, 6) is 0.0829. The number of fused-ring (bicyclic) bond motifs is 1. The standard InChI is InChI=1S/C23H27F2N3O/c1-26-9-12-28-10-7-15(8-11-28)16-3-5-20-18(13-16)22(25)23(27-20)19-14-17(24)4-6-21(19)29-2/h3-6,13-15,26-27H,7-12H2,1-2H3. The molecule has 0 aliphatic carbocycles. The first kappa shape index (κ1) is 19.9. The van der Waals surface area contributed by atoms with Crippen molar-refractivity contribution in [2.45, 2.75) is 18.8 Å². The van der Waals surface area contributed by atoms with Crippen LogP contribution in [0.5, 0.6) is 5.75 Å². The normalized spacial score (nSPS) is 15.9. The third-order valence-corrected chi connectivity index (χ3v) is 5.93. The first-order valence-corrected chi connectivity index (χ1v) is 10.1. The van der Waals surface area contributed by atoms with E-state index >= 15 is 4.39 Å². The number of H-pyrrole nitrogens is 1. The number of likely N-dealkylation sites (tertiary alicyclic amines) is 1. The molecule has 0 amide bonds. The van der Waals surface area contributed by atoms with Gasteiger partial charge in [0, 0.05) is 29.6 Å². The Morgan fingerprint density at radius 2 is 1.93 bits per heavy atom. The molecular weight excluding hydrogens is 372 g/mol. The Balaban J connectivity index is 1.61. The number of aromatic amines is 1. The molecule has 0 atom stereocenters. The van der Waals surface area contributed by atoms with Crippen LogP contribution in [0.4, 0.5) is 8.78 Å². The molecule has 1 aliphatic heterocycles. The van der Waals surface area contributed by atoms with Crippen LogP contribution in [0.3, 0.4) is 0 Å². The van der Waals surface area contributed by atoms with E-state index in [9.17, 15) is 4.39 Å². The fourth-order valence-electron chi connectivity index (χ4n) is 4.25. The van der Waals surface area contributed by atoms with Gasteiger partial charge in [-0.2, -0.15) is 0 Å². The van der Waals surface area contributed by atoms with Gasteiger partial charge in [-0.05, 0) is 74.8 Å². The van der Waals surface area contributed by atoms with Crippen LogP contribution in [0.15, 0.2) is 36.4 Å². The van der Waals surface area contributed by atoms with Crippen molar-refractivity contribution in [2.75, 3.05) is 40.3 Å². The van der Waals surface area contributed by atoms with Crippen LogP contribution in [0.1, 0.15) is 24.3 Å². The number of hydrogen-bond acceptors (Lipinski definition) is 3. The minimum absolute atomic E-state index is 0.260. The quantitative estimate of drug-likeness (QED) is 0.640. The van der Waals surface area contributed by atoms with Crippen LogP contribution < -0.4 is 10.1 Å². The van der Waals surface area contributed by atoms with Crippen LogP contribution in [0.25, 0.3) is 22.2 Å². The molecule has 1 saturated heterocycles. The number of methoxy groups -OCH3 is 1. The van der Waals surface area contributed by atoms with Crippen molar-refractivity contribution in [3.8, 4) is 17.0 Å². The Labute approximate surface area is 169 Å². The molecule has 1 aromatic heterocycles. The lowest BCUT2D eigenvalue weighted by molar-refractivity contribution is 0.214. The number of halogens is 2. The average molecular weight is 399 g/mol. The summed E-state index contributed by atoms with van der Waals surface area (Å²) in [5, 5.41) is 3.74. The van der Waals surface area contributed by atoms with E-state index in [0.29, 0.717) is 28.1 Å². The molecule has 0 spiro atoms. The van der Waals surface area contributed by atoms with Gasteiger partial charge in [-0.3, -0.25) is 0 Å². The van der Waals surface area contributed by atoms with Crippen molar-refractivity contribution >= 4 is 10.9 Å². The van der Waals surface area contributed by atoms with Crippen LogP contribution in [0, 0.1) is 11.6 Å². The highest BCUT2D eigenvalue weighted by Gasteiger charge is 2.22. The molecule has 0 bridgehead atoms. The van der Waals surface area contributed by atoms with Crippen molar-refractivity contribution in [1.29, 1.82) is 0 Å². The summed E-state index contributed by atoms with van der Waals surface area (Å²) in [6.07, 6.45) is 2.15. The average Bonchev–Trinajstić information content (AvgIpc) is 3.08. The van der Waals surface area contributed by atoms with Gasteiger partial charge in [-0.15, -0.1) is 0 Å². The van der Waals surface area contributed by atoms with Crippen molar-refractivity contribution in [1.82, 2.24) is 15.2 Å². The molecule has 4 nitrogen and oxygen atoms in total. The molecule has 6 heteroatoms. The molecule has 1 fully saturated rings. The molecule has 154 valence electrons. The van der Waals surface area contributed by atoms with Crippen molar-refractivity contribution in [3.05, 3.63) is 53.6 Å². The highest BCUT2D eigenvalue weighted by Crippen LogP contribution is 2.37. The summed E-state index contributed by atoms with van der Waals surface area (Å²) < 4.78 is 34.4. The number of ether oxygens (including phenoxy) is 1. The first-order chi connectivity index (χ1) is 14.1. The Morgan fingerprint density at radius 3 is 2.66 bits per heavy atom. The van der Waals surface area contributed by atoms with Gasteiger partial charge in [-0.1, -0.05) is 6.07 Å². The minimum atomic E-state index is -0.426. The maximum Gasteiger partial charge on any atom is 0.156 e. The van der Waals surface area contributed by atoms with E-state index in [-0.39, 0.29) is 11.5 Å². The molecule has 2 N–H and O–H groups in total. The van der Waals surface area contributed by atoms with Crippen LogP contribution in [-0.2, 0) is 0 Å². The van der Waals surface area contributed by atoms with Gasteiger partial charge < -0.3 is 19.9 Å². The number of nitrogens with one attached hydrogen (secondary N) is 2. The zero-order valence-corrected chi connectivity index (χ0v) is 16.9. The summed E-state index contributed by atoms with van der Waals surface area (Å²) in [5.41, 5.74) is 2.52. The van der Waals surface area contributed by atoms with E-state index in [1.54, 1.807) is 0 Å². The Morgan fingerprint density at radius 1 is 1.14 bits per heavy atom. The molecule has 4 rings (SSSR count). The zero-order chi connectivity index (χ0) is 20.4. The largest absolute Gasteiger partial charge is 0.496 e. The van der Waals surface area contributed by atoms with E-state index in [0.717, 1.165) is 39.0 Å². The number of benzene rings is 2. The van der Waals surface area contributed by atoms with Gasteiger partial charge in [0.25, 0.3) is 0 Å². The molecule has 0 unspecified atom stereocenters. The first-order valence-electron chi connectivity index (χ1n) is 10.1. The molecule has 0 saturated carbocycles. The Kier molecular flexibility index (Phi) is 5.83. The molecule has 3 aromatic rings. The van der Waals surface area contributed by atoms with Crippen LogP contribution in [0.2, 0.25) is 0 Å².